The number of benzene rings is 1. The maximum atomic E-state index is 11.8. The summed E-state index contributed by atoms with van der Waals surface area (Å²) in [6.07, 6.45) is 1.91. The maximum Gasteiger partial charge on any atom is 0.314 e. The van der Waals surface area contributed by atoms with Crippen LogP contribution in [-0.4, -0.2) is 41.9 Å². The van der Waals surface area contributed by atoms with E-state index in [-0.39, 0.29) is 6.03 Å². The van der Waals surface area contributed by atoms with Gasteiger partial charge in [-0.1, -0.05) is 12.1 Å². The Balaban J connectivity index is 1.40. The lowest BCUT2D eigenvalue weighted by atomic mass is 10.1. The van der Waals surface area contributed by atoms with E-state index >= 15 is 0 Å². The molecule has 1 aliphatic rings. The van der Waals surface area contributed by atoms with Crippen LogP contribution in [0.25, 0.3) is 11.0 Å². The fraction of sp³-hybridized carbons (Fsp3) is 0.529. The molecule has 0 radical (unpaired) electrons. The lowest BCUT2D eigenvalue weighted by Crippen LogP contribution is -2.39. The monoisotopic (exact) mass is 316 g/mol. The third-order valence-electron chi connectivity index (χ3n) is 4.26. The van der Waals surface area contributed by atoms with E-state index in [1.54, 1.807) is 0 Å². The first-order valence-electron chi connectivity index (χ1n) is 8.25. The molecule has 124 valence electrons. The Kier molecular flexibility index (Phi) is 5.12. The molecule has 1 saturated heterocycles. The Morgan fingerprint density at radius 3 is 3.09 bits per heavy atom. The molecule has 2 N–H and O–H groups in total. The van der Waals surface area contributed by atoms with Crippen molar-refractivity contribution in [3.63, 3.8) is 0 Å². The second-order valence-electron chi connectivity index (χ2n) is 6.02. The van der Waals surface area contributed by atoms with Crippen LogP contribution < -0.4 is 10.6 Å². The molecule has 3 rings (SSSR count). The highest BCUT2D eigenvalue weighted by molar-refractivity contribution is 5.76. The number of aromatic nitrogens is 2. The quantitative estimate of drug-likeness (QED) is 0.802. The molecule has 1 aromatic carbocycles. The van der Waals surface area contributed by atoms with Gasteiger partial charge >= 0.3 is 6.03 Å². The molecule has 6 nitrogen and oxygen atoms in total. The van der Waals surface area contributed by atoms with Crippen molar-refractivity contribution < 1.29 is 9.53 Å². The summed E-state index contributed by atoms with van der Waals surface area (Å²) in [6.45, 7) is 5.78. The number of imidazole rings is 1. The average Bonchev–Trinajstić information content (AvgIpc) is 3.17. The molecule has 1 atom stereocenters. The van der Waals surface area contributed by atoms with E-state index in [1.165, 1.54) is 0 Å². The zero-order valence-corrected chi connectivity index (χ0v) is 13.5. The van der Waals surface area contributed by atoms with Gasteiger partial charge in [-0.25, -0.2) is 9.78 Å². The first-order valence-corrected chi connectivity index (χ1v) is 8.25. The Morgan fingerprint density at radius 1 is 1.39 bits per heavy atom. The number of carbonyl (C=O) groups is 1. The van der Waals surface area contributed by atoms with E-state index in [4.69, 9.17) is 4.74 Å². The molecule has 6 heteroatoms. The molecule has 0 aliphatic carbocycles. The normalized spacial score (nSPS) is 17.5. The fourth-order valence-electron chi connectivity index (χ4n) is 2.96. The number of ether oxygens (including phenoxy) is 1. The highest BCUT2D eigenvalue weighted by atomic mass is 16.5. The molecule has 0 unspecified atom stereocenters. The van der Waals surface area contributed by atoms with Gasteiger partial charge in [0.2, 0.25) is 0 Å². The number of para-hydroxylation sites is 2. The molecule has 0 saturated carbocycles. The van der Waals surface area contributed by atoms with Crippen LogP contribution >= 0.6 is 0 Å². The topological polar surface area (TPSA) is 68.2 Å². The van der Waals surface area contributed by atoms with Crippen molar-refractivity contribution in [2.24, 2.45) is 5.92 Å². The van der Waals surface area contributed by atoms with Gasteiger partial charge in [0.1, 0.15) is 5.82 Å². The van der Waals surface area contributed by atoms with Crippen molar-refractivity contribution >= 4 is 17.1 Å². The van der Waals surface area contributed by atoms with Gasteiger partial charge < -0.3 is 19.9 Å². The summed E-state index contributed by atoms with van der Waals surface area (Å²) in [5, 5.41) is 5.82. The summed E-state index contributed by atoms with van der Waals surface area (Å²) in [6, 6.07) is 8.04. The molecule has 2 amide bonds. The summed E-state index contributed by atoms with van der Waals surface area (Å²) in [7, 11) is 0. The van der Waals surface area contributed by atoms with Crippen molar-refractivity contribution in [1.29, 1.82) is 0 Å². The molecule has 2 heterocycles. The smallest absolute Gasteiger partial charge is 0.314 e. The fourth-order valence-corrected chi connectivity index (χ4v) is 2.96. The van der Waals surface area contributed by atoms with Crippen LogP contribution in [0, 0.1) is 12.8 Å². The standard InChI is InChI=1S/C17H24N4O2/c1-13-20-15-5-2-3-6-16(15)21(13)9-4-8-18-17(22)19-11-14-7-10-23-12-14/h2-3,5-6,14H,4,7-12H2,1H3,(H2,18,19,22)/t14-/m0/s1. The van der Waals surface area contributed by atoms with Gasteiger partial charge in [-0.05, 0) is 31.9 Å². The number of nitrogens with zero attached hydrogens (tertiary/aromatic N) is 2. The second-order valence-corrected chi connectivity index (χ2v) is 6.02. The Morgan fingerprint density at radius 2 is 2.26 bits per heavy atom. The van der Waals surface area contributed by atoms with Gasteiger partial charge in [0.25, 0.3) is 0 Å². The van der Waals surface area contributed by atoms with Crippen LogP contribution in [0.2, 0.25) is 0 Å². The molecule has 1 fully saturated rings. The number of hydrogen-bond acceptors (Lipinski definition) is 3. The Hall–Kier alpha value is -2.08. The van der Waals surface area contributed by atoms with Gasteiger partial charge in [-0.3, -0.25) is 0 Å². The van der Waals surface area contributed by atoms with Crippen LogP contribution in [0.3, 0.4) is 0 Å². The maximum absolute atomic E-state index is 11.8. The first kappa shape index (κ1) is 15.8. The van der Waals surface area contributed by atoms with E-state index in [0.717, 1.165) is 49.5 Å². The molecule has 0 spiro atoms. The van der Waals surface area contributed by atoms with Crippen LogP contribution in [0.15, 0.2) is 24.3 Å². The lowest BCUT2D eigenvalue weighted by Gasteiger charge is -2.11. The molecule has 1 aromatic heterocycles. The SMILES string of the molecule is Cc1nc2ccccc2n1CCCNC(=O)NC[C@@H]1CCOC1. The minimum atomic E-state index is -0.0934. The van der Waals surface area contributed by atoms with Crippen LogP contribution in [-0.2, 0) is 11.3 Å². The first-order chi connectivity index (χ1) is 11.2. The average molecular weight is 316 g/mol. The number of hydrogen-bond donors (Lipinski definition) is 2. The molecule has 0 bridgehead atoms. The third kappa shape index (κ3) is 4.01. The Bertz CT molecular complexity index is 662. The summed E-state index contributed by atoms with van der Waals surface area (Å²) >= 11 is 0. The van der Waals surface area contributed by atoms with Gasteiger partial charge in [0.05, 0.1) is 17.6 Å². The summed E-state index contributed by atoms with van der Waals surface area (Å²) in [4.78, 5) is 16.3. The van der Waals surface area contributed by atoms with Crippen molar-refractivity contribution in [1.82, 2.24) is 20.2 Å². The van der Waals surface area contributed by atoms with E-state index < -0.39 is 0 Å². The van der Waals surface area contributed by atoms with Crippen molar-refractivity contribution in [3.05, 3.63) is 30.1 Å². The van der Waals surface area contributed by atoms with Crippen molar-refractivity contribution in [2.75, 3.05) is 26.3 Å². The van der Waals surface area contributed by atoms with Crippen molar-refractivity contribution in [2.45, 2.75) is 26.3 Å². The third-order valence-corrected chi connectivity index (χ3v) is 4.26. The minimum Gasteiger partial charge on any atom is -0.381 e. The zero-order valence-electron chi connectivity index (χ0n) is 13.5. The van der Waals surface area contributed by atoms with E-state index in [0.29, 0.717) is 19.0 Å². The number of fused-ring (bicyclic) bond motifs is 1. The largest absolute Gasteiger partial charge is 0.381 e. The number of nitrogens with one attached hydrogen (secondary N) is 2. The highest BCUT2D eigenvalue weighted by Crippen LogP contribution is 2.15. The molecule has 1 aliphatic heterocycles. The number of carbonyl (C=O) groups excluding carboxylic acids is 1. The predicted octanol–water partition coefficient (Wildman–Crippen LogP) is 2.07. The molecular formula is C17H24N4O2. The van der Waals surface area contributed by atoms with E-state index in [9.17, 15) is 4.79 Å². The lowest BCUT2D eigenvalue weighted by molar-refractivity contribution is 0.185. The van der Waals surface area contributed by atoms with Gasteiger partial charge in [-0.15, -0.1) is 0 Å². The van der Waals surface area contributed by atoms with E-state index in [2.05, 4.69) is 26.3 Å². The molecule has 23 heavy (non-hydrogen) atoms. The van der Waals surface area contributed by atoms with Crippen LogP contribution in [0.1, 0.15) is 18.7 Å². The zero-order chi connectivity index (χ0) is 16.1. The van der Waals surface area contributed by atoms with Crippen LogP contribution in [0.4, 0.5) is 4.79 Å². The number of aryl methyl sites for hydroxylation is 2. The summed E-state index contributed by atoms with van der Waals surface area (Å²) in [5.41, 5.74) is 2.17. The highest BCUT2D eigenvalue weighted by Gasteiger charge is 2.16. The summed E-state index contributed by atoms with van der Waals surface area (Å²) in [5.74, 6) is 1.47. The number of rotatable bonds is 6. The van der Waals surface area contributed by atoms with E-state index in [1.807, 2.05) is 25.1 Å². The van der Waals surface area contributed by atoms with Crippen LogP contribution in [0.5, 0.6) is 0 Å². The Labute approximate surface area is 136 Å². The molecule has 2 aromatic rings. The predicted molar refractivity (Wildman–Crippen MR) is 89.4 cm³/mol. The second kappa shape index (κ2) is 7.46. The summed E-state index contributed by atoms with van der Waals surface area (Å²) < 4.78 is 7.49. The molecular weight excluding hydrogens is 292 g/mol. The van der Waals surface area contributed by atoms with Gasteiger partial charge in [0.15, 0.2) is 0 Å². The number of urea groups is 1. The number of amides is 2. The minimum absolute atomic E-state index is 0.0934. The van der Waals surface area contributed by atoms with Gasteiger partial charge in [0, 0.05) is 32.2 Å². The van der Waals surface area contributed by atoms with Crippen molar-refractivity contribution in [3.8, 4) is 0 Å². The van der Waals surface area contributed by atoms with Gasteiger partial charge in [-0.2, -0.15) is 0 Å².